The molecule has 0 amide bonds. The highest BCUT2D eigenvalue weighted by Gasteiger charge is 2.23. The fourth-order valence-corrected chi connectivity index (χ4v) is 2.66. The Balaban J connectivity index is 1.64. The third-order valence-corrected chi connectivity index (χ3v) is 4.06. The summed E-state index contributed by atoms with van der Waals surface area (Å²) in [5, 5.41) is 3.33. The number of hydrogen-bond donors (Lipinski definition) is 1. The van der Waals surface area contributed by atoms with E-state index in [-0.39, 0.29) is 0 Å². The molecule has 1 aliphatic heterocycles. The normalized spacial score (nSPS) is 17.1. The van der Waals surface area contributed by atoms with Gasteiger partial charge in [0.05, 0.1) is 6.33 Å². The summed E-state index contributed by atoms with van der Waals surface area (Å²) in [5.74, 6) is 0.654. The zero-order valence-corrected chi connectivity index (χ0v) is 11.4. The van der Waals surface area contributed by atoms with E-state index < -0.39 is 0 Å². The molecule has 3 rings (SSSR count). The Kier molecular flexibility index (Phi) is 3.65. The zero-order chi connectivity index (χ0) is 13.1. The number of hydrogen-bond acceptors (Lipinski definition) is 2. The SMILES string of the molecule is CC(CCc1ccccc1)n1cncc1C1CNC1. The molecular weight excluding hydrogens is 234 g/mol. The van der Waals surface area contributed by atoms with E-state index in [2.05, 4.69) is 52.1 Å². The lowest BCUT2D eigenvalue weighted by Gasteiger charge is -2.29. The Morgan fingerprint density at radius 1 is 1.32 bits per heavy atom. The van der Waals surface area contributed by atoms with Gasteiger partial charge in [0.1, 0.15) is 0 Å². The second-order valence-electron chi connectivity index (χ2n) is 5.45. The highest BCUT2D eigenvalue weighted by Crippen LogP contribution is 2.24. The van der Waals surface area contributed by atoms with Crippen molar-refractivity contribution < 1.29 is 0 Å². The minimum Gasteiger partial charge on any atom is -0.331 e. The Morgan fingerprint density at radius 2 is 2.11 bits per heavy atom. The van der Waals surface area contributed by atoms with Gasteiger partial charge in [-0.1, -0.05) is 30.3 Å². The summed E-state index contributed by atoms with van der Waals surface area (Å²) >= 11 is 0. The summed E-state index contributed by atoms with van der Waals surface area (Å²) in [6, 6.07) is 11.2. The Morgan fingerprint density at radius 3 is 2.79 bits per heavy atom. The lowest BCUT2D eigenvalue weighted by molar-refractivity contribution is 0.400. The second-order valence-corrected chi connectivity index (χ2v) is 5.45. The molecule has 1 saturated heterocycles. The molecule has 100 valence electrons. The molecular formula is C16H21N3. The highest BCUT2D eigenvalue weighted by atomic mass is 15.1. The Bertz CT molecular complexity index is 514. The van der Waals surface area contributed by atoms with Crippen LogP contribution in [0.5, 0.6) is 0 Å². The van der Waals surface area contributed by atoms with E-state index in [1.165, 1.54) is 11.3 Å². The molecule has 0 radical (unpaired) electrons. The van der Waals surface area contributed by atoms with Gasteiger partial charge in [-0.2, -0.15) is 0 Å². The van der Waals surface area contributed by atoms with Crippen LogP contribution in [-0.2, 0) is 6.42 Å². The predicted octanol–water partition coefficient (Wildman–Crippen LogP) is 2.76. The first-order valence-electron chi connectivity index (χ1n) is 7.11. The van der Waals surface area contributed by atoms with Crippen molar-refractivity contribution in [3.63, 3.8) is 0 Å². The Labute approximate surface area is 114 Å². The van der Waals surface area contributed by atoms with Crippen LogP contribution in [0.3, 0.4) is 0 Å². The molecule has 1 fully saturated rings. The number of nitrogens with zero attached hydrogens (tertiary/aromatic N) is 2. The molecule has 1 aromatic heterocycles. The minimum atomic E-state index is 0.512. The molecule has 3 nitrogen and oxygen atoms in total. The first kappa shape index (κ1) is 12.4. The van der Waals surface area contributed by atoms with Gasteiger partial charge in [-0.3, -0.25) is 0 Å². The van der Waals surface area contributed by atoms with Gasteiger partial charge in [0.15, 0.2) is 0 Å². The van der Waals surface area contributed by atoms with Crippen LogP contribution in [0.15, 0.2) is 42.9 Å². The number of aryl methyl sites for hydroxylation is 1. The van der Waals surface area contributed by atoms with Crippen molar-refractivity contribution in [1.29, 1.82) is 0 Å². The van der Waals surface area contributed by atoms with Crippen LogP contribution in [0.4, 0.5) is 0 Å². The van der Waals surface area contributed by atoms with E-state index in [0.717, 1.165) is 25.9 Å². The molecule has 0 spiro atoms. The summed E-state index contributed by atoms with van der Waals surface area (Å²) < 4.78 is 2.36. The molecule has 1 N–H and O–H groups in total. The molecule has 1 atom stereocenters. The van der Waals surface area contributed by atoms with E-state index in [9.17, 15) is 0 Å². The molecule has 1 aromatic carbocycles. The average Bonchev–Trinajstić information content (AvgIpc) is 2.84. The summed E-state index contributed by atoms with van der Waals surface area (Å²) in [7, 11) is 0. The first-order chi connectivity index (χ1) is 9.34. The van der Waals surface area contributed by atoms with Crippen LogP contribution in [0.25, 0.3) is 0 Å². The van der Waals surface area contributed by atoms with Gasteiger partial charge < -0.3 is 9.88 Å². The van der Waals surface area contributed by atoms with E-state index >= 15 is 0 Å². The zero-order valence-electron chi connectivity index (χ0n) is 11.4. The molecule has 1 aliphatic rings. The first-order valence-corrected chi connectivity index (χ1v) is 7.11. The second kappa shape index (κ2) is 5.57. The van der Waals surface area contributed by atoms with Crippen molar-refractivity contribution in [2.75, 3.05) is 13.1 Å². The maximum atomic E-state index is 4.34. The molecule has 0 saturated carbocycles. The van der Waals surface area contributed by atoms with Crippen LogP contribution in [0, 0.1) is 0 Å². The van der Waals surface area contributed by atoms with Gasteiger partial charge in [-0.15, -0.1) is 0 Å². The quantitative estimate of drug-likeness (QED) is 0.890. The van der Waals surface area contributed by atoms with Crippen molar-refractivity contribution >= 4 is 0 Å². The van der Waals surface area contributed by atoms with Gasteiger partial charge in [0.2, 0.25) is 0 Å². The maximum Gasteiger partial charge on any atom is 0.0950 e. The number of nitrogens with one attached hydrogen (secondary N) is 1. The van der Waals surface area contributed by atoms with Crippen molar-refractivity contribution in [3.8, 4) is 0 Å². The topological polar surface area (TPSA) is 29.9 Å². The Hall–Kier alpha value is -1.61. The van der Waals surface area contributed by atoms with E-state index in [1.54, 1.807) is 0 Å². The van der Waals surface area contributed by atoms with Crippen LogP contribution < -0.4 is 5.32 Å². The van der Waals surface area contributed by atoms with Crippen molar-refractivity contribution in [2.24, 2.45) is 0 Å². The third-order valence-electron chi connectivity index (χ3n) is 4.06. The van der Waals surface area contributed by atoms with Crippen molar-refractivity contribution in [3.05, 3.63) is 54.1 Å². The van der Waals surface area contributed by atoms with Gasteiger partial charge >= 0.3 is 0 Å². The minimum absolute atomic E-state index is 0.512. The highest BCUT2D eigenvalue weighted by molar-refractivity contribution is 5.15. The summed E-state index contributed by atoms with van der Waals surface area (Å²) in [4.78, 5) is 4.34. The molecule has 0 aliphatic carbocycles. The van der Waals surface area contributed by atoms with Crippen LogP contribution >= 0.6 is 0 Å². The largest absolute Gasteiger partial charge is 0.331 e. The maximum absolute atomic E-state index is 4.34. The summed E-state index contributed by atoms with van der Waals surface area (Å²) in [5.41, 5.74) is 2.81. The number of benzene rings is 1. The van der Waals surface area contributed by atoms with Crippen LogP contribution in [0.1, 0.15) is 36.6 Å². The van der Waals surface area contributed by atoms with Crippen LogP contribution in [-0.4, -0.2) is 22.6 Å². The molecule has 1 unspecified atom stereocenters. The smallest absolute Gasteiger partial charge is 0.0950 e. The van der Waals surface area contributed by atoms with Gasteiger partial charge in [-0.05, 0) is 25.3 Å². The molecule has 2 heterocycles. The third kappa shape index (κ3) is 2.71. The molecule has 2 aromatic rings. The monoisotopic (exact) mass is 255 g/mol. The molecule has 19 heavy (non-hydrogen) atoms. The lowest BCUT2D eigenvalue weighted by atomic mass is 9.98. The van der Waals surface area contributed by atoms with Crippen molar-refractivity contribution in [2.45, 2.75) is 31.7 Å². The number of rotatable bonds is 5. The molecule has 0 bridgehead atoms. The van der Waals surface area contributed by atoms with E-state index in [1.807, 2.05) is 12.5 Å². The summed E-state index contributed by atoms with van der Waals surface area (Å²) in [6.45, 7) is 4.48. The van der Waals surface area contributed by atoms with Gasteiger partial charge in [0, 0.05) is 36.9 Å². The van der Waals surface area contributed by atoms with E-state index in [4.69, 9.17) is 0 Å². The fourth-order valence-electron chi connectivity index (χ4n) is 2.66. The van der Waals surface area contributed by atoms with Crippen molar-refractivity contribution in [1.82, 2.24) is 14.9 Å². The number of aromatic nitrogens is 2. The number of imidazole rings is 1. The van der Waals surface area contributed by atoms with Crippen LogP contribution in [0.2, 0.25) is 0 Å². The van der Waals surface area contributed by atoms with Gasteiger partial charge in [-0.25, -0.2) is 4.98 Å². The predicted molar refractivity (Wildman–Crippen MR) is 77.3 cm³/mol. The summed E-state index contributed by atoms with van der Waals surface area (Å²) in [6.07, 6.45) is 6.31. The van der Waals surface area contributed by atoms with E-state index in [0.29, 0.717) is 12.0 Å². The molecule has 3 heteroatoms. The lowest BCUT2D eigenvalue weighted by Crippen LogP contribution is -2.41. The van der Waals surface area contributed by atoms with Gasteiger partial charge in [0.25, 0.3) is 0 Å². The fraction of sp³-hybridized carbons (Fsp3) is 0.438. The standard InChI is InChI=1S/C16H21N3/c1-13(7-8-14-5-3-2-4-6-14)19-12-18-11-16(19)15-9-17-10-15/h2-6,11-13,15,17H,7-10H2,1H3. The average molecular weight is 255 g/mol.